The highest BCUT2D eigenvalue weighted by atomic mass is 35.5. The Hall–Kier alpha value is -3.24. The van der Waals surface area contributed by atoms with E-state index in [-0.39, 0.29) is 26.3 Å². The number of aromatic nitrogens is 2. The van der Waals surface area contributed by atoms with E-state index in [0.29, 0.717) is 15.7 Å². The van der Waals surface area contributed by atoms with Gasteiger partial charge >= 0.3 is 5.91 Å². The van der Waals surface area contributed by atoms with E-state index in [4.69, 9.17) is 23.2 Å². The van der Waals surface area contributed by atoms with Crippen LogP contribution in [0.4, 0.5) is 9.52 Å². The molecule has 1 amide bonds. The van der Waals surface area contributed by atoms with Crippen molar-refractivity contribution in [1.29, 1.82) is 0 Å². The van der Waals surface area contributed by atoms with E-state index >= 15 is 0 Å². The first kappa shape index (κ1) is 25.4. The number of Topliss-reactive ketones (excluding diaryl/α,β-unsaturated/α-hetero) is 1. The van der Waals surface area contributed by atoms with Gasteiger partial charge in [-0.3, -0.25) is 14.5 Å². The normalized spacial score (nSPS) is 16.9. The van der Waals surface area contributed by atoms with Crippen LogP contribution in [0.25, 0.3) is 5.76 Å². The summed E-state index contributed by atoms with van der Waals surface area (Å²) in [6.45, 7) is 0. The predicted molar refractivity (Wildman–Crippen MR) is 144 cm³/mol. The van der Waals surface area contributed by atoms with Crippen LogP contribution in [0.3, 0.4) is 0 Å². The summed E-state index contributed by atoms with van der Waals surface area (Å²) in [7, 11) is 0. The van der Waals surface area contributed by atoms with E-state index in [2.05, 4.69) is 10.2 Å². The Morgan fingerprint density at radius 3 is 2.43 bits per heavy atom. The molecule has 6 nitrogen and oxygen atoms in total. The lowest BCUT2D eigenvalue weighted by atomic mass is 9.95. The van der Waals surface area contributed by atoms with Crippen molar-refractivity contribution in [2.75, 3.05) is 4.90 Å². The van der Waals surface area contributed by atoms with Crippen LogP contribution in [0.5, 0.6) is 0 Å². The van der Waals surface area contributed by atoms with Crippen molar-refractivity contribution < 1.29 is 19.1 Å². The maximum atomic E-state index is 13.5. The Morgan fingerprint density at radius 1 is 1.00 bits per heavy atom. The van der Waals surface area contributed by atoms with Crippen molar-refractivity contribution in [3.8, 4) is 0 Å². The van der Waals surface area contributed by atoms with Crippen LogP contribution < -0.4 is 4.90 Å². The predicted octanol–water partition coefficient (Wildman–Crippen LogP) is 6.90. The smallest absolute Gasteiger partial charge is 0.301 e. The number of carbonyl (C=O) groups excluding carboxylic acids is 2. The monoisotopic (exact) mass is 571 g/mol. The number of rotatable bonds is 6. The van der Waals surface area contributed by atoms with Gasteiger partial charge in [0.15, 0.2) is 4.34 Å². The molecule has 0 aliphatic carbocycles. The second kappa shape index (κ2) is 10.6. The minimum absolute atomic E-state index is 0.177. The van der Waals surface area contributed by atoms with Gasteiger partial charge in [-0.2, -0.15) is 0 Å². The number of ketones is 1. The Bertz CT molecular complexity index is 1530. The molecule has 1 fully saturated rings. The number of hydrogen-bond acceptors (Lipinski definition) is 7. The quantitative estimate of drug-likeness (QED) is 0.0890. The number of amides is 1. The molecule has 1 aromatic heterocycles. The second-order valence-electron chi connectivity index (χ2n) is 7.97. The van der Waals surface area contributed by atoms with Gasteiger partial charge in [-0.15, -0.1) is 10.2 Å². The standard InChI is InChI=1S/C26H16Cl2FN3O3S2/c27-18-11-8-16(12-19(18)28)21-20(22(33)15-6-9-17(29)10-7-15)23(34)24(35)32(21)25-30-31-26(37-25)36-13-14-4-2-1-3-5-14/h1-12,21,33H,13H2/b22-20-. The molecule has 2 heterocycles. The third-order valence-electron chi connectivity index (χ3n) is 5.63. The first-order valence-corrected chi connectivity index (χ1v) is 13.4. The molecular weight excluding hydrogens is 556 g/mol. The highest BCUT2D eigenvalue weighted by Gasteiger charge is 2.48. The first-order valence-electron chi connectivity index (χ1n) is 10.9. The van der Waals surface area contributed by atoms with E-state index in [9.17, 15) is 19.1 Å². The maximum Gasteiger partial charge on any atom is 0.301 e. The van der Waals surface area contributed by atoms with E-state index < -0.39 is 29.3 Å². The number of anilines is 1. The van der Waals surface area contributed by atoms with Crippen LogP contribution in [0.15, 0.2) is 82.7 Å². The fourth-order valence-corrected chi connectivity index (χ4v) is 6.00. The minimum Gasteiger partial charge on any atom is -0.507 e. The topological polar surface area (TPSA) is 83.4 Å². The average molecular weight is 572 g/mol. The third-order valence-corrected chi connectivity index (χ3v) is 8.49. The van der Waals surface area contributed by atoms with Gasteiger partial charge in [-0.25, -0.2) is 4.39 Å². The molecule has 1 saturated heterocycles. The number of halogens is 3. The van der Waals surface area contributed by atoms with Gasteiger partial charge < -0.3 is 5.11 Å². The molecule has 5 rings (SSSR count). The zero-order chi connectivity index (χ0) is 26.1. The van der Waals surface area contributed by atoms with Gasteiger partial charge in [0.05, 0.1) is 21.7 Å². The van der Waals surface area contributed by atoms with E-state index in [0.717, 1.165) is 29.0 Å². The van der Waals surface area contributed by atoms with Gasteiger partial charge in [0.25, 0.3) is 5.78 Å². The molecule has 1 aliphatic rings. The molecule has 37 heavy (non-hydrogen) atoms. The van der Waals surface area contributed by atoms with Crippen molar-refractivity contribution in [2.24, 2.45) is 0 Å². The average Bonchev–Trinajstić information content (AvgIpc) is 3.47. The summed E-state index contributed by atoms with van der Waals surface area (Å²) in [4.78, 5) is 27.7. The van der Waals surface area contributed by atoms with Crippen LogP contribution in [-0.2, 0) is 15.3 Å². The number of thioether (sulfide) groups is 1. The van der Waals surface area contributed by atoms with Crippen LogP contribution in [-0.4, -0.2) is 27.0 Å². The lowest BCUT2D eigenvalue weighted by Gasteiger charge is -2.22. The van der Waals surface area contributed by atoms with Gasteiger partial charge in [-0.05, 0) is 47.5 Å². The van der Waals surface area contributed by atoms with Gasteiger partial charge in [0, 0.05) is 11.3 Å². The summed E-state index contributed by atoms with van der Waals surface area (Å²) in [5.41, 5.74) is 1.54. The summed E-state index contributed by atoms with van der Waals surface area (Å²) in [6.07, 6.45) is 0. The summed E-state index contributed by atoms with van der Waals surface area (Å²) in [5, 5.41) is 20.2. The van der Waals surface area contributed by atoms with Crippen molar-refractivity contribution in [3.63, 3.8) is 0 Å². The number of carbonyl (C=O) groups is 2. The molecule has 0 saturated carbocycles. The third kappa shape index (κ3) is 5.13. The molecule has 0 spiro atoms. The fourth-order valence-electron chi connectivity index (χ4n) is 3.87. The Morgan fingerprint density at radius 2 is 1.73 bits per heavy atom. The Kier molecular flexibility index (Phi) is 7.30. The fraction of sp³-hybridized carbons (Fsp3) is 0.0769. The van der Waals surface area contributed by atoms with Crippen LogP contribution in [0, 0.1) is 5.82 Å². The van der Waals surface area contributed by atoms with Crippen LogP contribution in [0.2, 0.25) is 10.0 Å². The molecule has 1 unspecified atom stereocenters. The summed E-state index contributed by atoms with van der Waals surface area (Å²) < 4.78 is 14.1. The van der Waals surface area contributed by atoms with E-state index in [1.165, 1.54) is 34.9 Å². The highest BCUT2D eigenvalue weighted by molar-refractivity contribution is 8.00. The molecule has 11 heteroatoms. The number of aliphatic hydroxyl groups excluding tert-OH is 1. The SMILES string of the molecule is O=C1C(=O)N(c2nnc(SCc3ccccc3)s2)C(c2ccc(Cl)c(Cl)c2)/C1=C(/O)c1ccc(F)cc1. The molecule has 3 aromatic carbocycles. The number of aliphatic hydroxyl groups is 1. The summed E-state index contributed by atoms with van der Waals surface area (Å²) in [6, 6.07) is 18.4. The zero-order valence-electron chi connectivity index (χ0n) is 18.8. The number of nitrogens with zero attached hydrogens (tertiary/aromatic N) is 3. The van der Waals surface area contributed by atoms with Gasteiger partial charge in [0.1, 0.15) is 11.6 Å². The lowest BCUT2D eigenvalue weighted by molar-refractivity contribution is -0.132. The lowest BCUT2D eigenvalue weighted by Crippen LogP contribution is -2.29. The second-order valence-corrected chi connectivity index (χ2v) is 11.0. The van der Waals surface area contributed by atoms with Crippen molar-refractivity contribution >= 4 is 68.9 Å². The van der Waals surface area contributed by atoms with Crippen molar-refractivity contribution in [3.05, 3.63) is 111 Å². The summed E-state index contributed by atoms with van der Waals surface area (Å²) >= 11 is 15.0. The summed E-state index contributed by atoms with van der Waals surface area (Å²) in [5.74, 6) is -2.09. The van der Waals surface area contributed by atoms with Crippen molar-refractivity contribution in [1.82, 2.24) is 10.2 Å². The number of hydrogen-bond donors (Lipinski definition) is 1. The van der Waals surface area contributed by atoms with Crippen LogP contribution in [0.1, 0.15) is 22.7 Å². The molecule has 1 aliphatic heterocycles. The molecule has 0 bridgehead atoms. The zero-order valence-corrected chi connectivity index (χ0v) is 21.9. The van der Waals surface area contributed by atoms with Gasteiger partial charge in [0.2, 0.25) is 5.13 Å². The van der Waals surface area contributed by atoms with Crippen LogP contribution >= 0.6 is 46.3 Å². The van der Waals surface area contributed by atoms with E-state index in [1.54, 1.807) is 12.1 Å². The van der Waals surface area contributed by atoms with Gasteiger partial charge in [-0.1, -0.05) is 82.7 Å². The molecule has 0 radical (unpaired) electrons. The van der Waals surface area contributed by atoms with E-state index in [1.807, 2.05) is 30.3 Å². The van der Waals surface area contributed by atoms with Crippen molar-refractivity contribution in [2.45, 2.75) is 16.1 Å². The number of benzene rings is 3. The molecule has 1 atom stereocenters. The molecule has 1 N–H and O–H groups in total. The maximum absolute atomic E-state index is 13.5. The molecular formula is C26H16Cl2FN3O3S2. The molecule has 186 valence electrons. The Balaban J connectivity index is 1.57. The first-order chi connectivity index (χ1) is 17.8. The minimum atomic E-state index is -1.06. The largest absolute Gasteiger partial charge is 0.507 e. The molecule has 4 aromatic rings. The highest BCUT2D eigenvalue weighted by Crippen LogP contribution is 2.45. The Labute approximate surface area is 229 Å².